The average Bonchev–Trinajstić information content (AvgIpc) is 2.81. The molecule has 0 unspecified atom stereocenters. The summed E-state index contributed by atoms with van der Waals surface area (Å²) in [6.07, 6.45) is 1.21. The number of H-pyrrole nitrogens is 1. The molecule has 4 aromatic rings. The van der Waals surface area contributed by atoms with E-state index in [-0.39, 0.29) is 5.56 Å². The van der Waals surface area contributed by atoms with E-state index >= 15 is 0 Å². The van der Waals surface area contributed by atoms with Crippen LogP contribution in [0.25, 0.3) is 22.0 Å². The number of amides is 1. The largest absolute Gasteiger partial charge is 0.357 e. The van der Waals surface area contributed by atoms with E-state index in [4.69, 9.17) is 0 Å². The van der Waals surface area contributed by atoms with Crippen LogP contribution in [-0.4, -0.2) is 36.0 Å². The van der Waals surface area contributed by atoms with Gasteiger partial charge in [0.05, 0.1) is 10.9 Å². The van der Waals surface area contributed by atoms with E-state index in [9.17, 15) is 18.4 Å². The highest BCUT2D eigenvalue weighted by molar-refractivity contribution is 5.78. The van der Waals surface area contributed by atoms with E-state index < -0.39 is 11.6 Å². The van der Waals surface area contributed by atoms with Crippen LogP contribution in [-0.2, 0) is 11.2 Å². The Morgan fingerprint density at radius 3 is 2.52 bits per heavy atom. The van der Waals surface area contributed by atoms with Crippen LogP contribution in [0.1, 0.15) is 5.56 Å². The van der Waals surface area contributed by atoms with Gasteiger partial charge in [-0.2, -0.15) is 0 Å². The van der Waals surface area contributed by atoms with Gasteiger partial charge in [-0.3, -0.25) is 14.6 Å². The summed E-state index contributed by atoms with van der Waals surface area (Å²) in [5, 5.41) is 3.13. The van der Waals surface area contributed by atoms with Crippen molar-refractivity contribution in [1.29, 1.82) is 0 Å². The molecule has 6 nitrogen and oxygen atoms in total. The lowest BCUT2D eigenvalue weighted by atomic mass is 10.0. The number of aromatic amines is 1. The van der Waals surface area contributed by atoms with Gasteiger partial charge in [0.2, 0.25) is 12.4 Å². The summed E-state index contributed by atoms with van der Waals surface area (Å²) in [7, 11) is 0. The fraction of sp³-hybridized carbons (Fsp3) is 0.160. The highest BCUT2D eigenvalue weighted by atomic mass is 19.1. The predicted molar refractivity (Wildman–Crippen MR) is 124 cm³/mol. The molecule has 0 aliphatic rings. The van der Waals surface area contributed by atoms with Crippen LogP contribution in [0, 0.1) is 11.6 Å². The van der Waals surface area contributed by atoms with Crippen LogP contribution in [0.5, 0.6) is 0 Å². The van der Waals surface area contributed by atoms with E-state index in [1.165, 1.54) is 12.1 Å². The highest BCUT2D eigenvalue weighted by Crippen LogP contribution is 2.23. The lowest BCUT2D eigenvalue weighted by Gasteiger charge is -2.23. The van der Waals surface area contributed by atoms with Crippen molar-refractivity contribution in [2.24, 2.45) is 0 Å². The smallest absolute Gasteiger partial charge is 0.260 e. The zero-order valence-corrected chi connectivity index (χ0v) is 17.7. The number of anilines is 1. The molecule has 0 spiro atoms. The summed E-state index contributed by atoms with van der Waals surface area (Å²) < 4.78 is 27.3. The van der Waals surface area contributed by atoms with Gasteiger partial charge < -0.3 is 10.2 Å². The first kappa shape index (κ1) is 22.1. The van der Waals surface area contributed by atoms with Crippen LogP contribution in [0.3, 0.4) is 0 Å². The SMILES string of the molecule is O=CNCCN(CCc1cccc(-c2cc(F)cc(F)c2)c1)c1nc2ccccc2c(=O)[nH]1. The third-order valence-corrected chi connectivity index (χ3v) is 5.30. The van der Waals surface area contributed by atoms with E-state index in [1.54, 1.807) is 24.3 Å². The molecule has 168 valence electrons. The first-order valence-corrected chi connectivity index (χ1v) is 10.5. The van der Waals surface area contributed by atoms with Crippen LogP contribution in [0.15, 0.2) is 71.5 Å². The van der Waals surface area contributed by atoms with Gasteiger partial charge in [-0.05, 0) is 47.4 Å². The second-order valence-corrected chi connectivity index (χ2v) is 7.57. The van der Waals surface area contributed by atoms with Crippen LogP contribution < -0.4 is 15.8 Å². The van der Waals surface area contributed by atoms with E-state index in [0.717, 1.165) is 11.6 Å². The van der Waals surface area contributed by atoms with Crippen molar-refractivity contribution >= 4 is 23.3 Å². The molecule has 3 aromatic carbocycles. The standard InChI is InChI=1S/C25H22F2N4O2/c26-20-13-19(14-21(27)15-20)18-5-3-4-17(12-18)8-10-31(11-9-28-16-32)25-29-23-7-2-1-6-22(23)24(33)30-25/h1-7,12-16H,8-11H2,(H,28,32)(H,29,30,33). The zero-order valence-electron chi connectivity index (χ0n) is 17.7. The van der Waals surface area contributed by atoms with Crippen LogP contribution >= 0.6 is 0 Å². The minimum Gasteiger partial charge on any atom is -0.357 e. The molecule has 8 heteroatoms. The summed E-state index contributed by atoms with van der Waals surface area (Å²) in [5.74, 6) is -0.846. The molecule has 0 fully saturated rings. The molecule has 0 aliphatic heterocycles. The van der Waals surface area contributed by atoms with Gasteiger partial charge in [0, 0.05) is 25.7 Å². The van der Waals surface area contributed by atoms with E-state index in [0.29, 0.717) is 60.4 Å². The maximum atomic E-state index is 13.6. The Balaban J connectivity index is 1.58. The summed E-state index contributed by atoms with van der Waals surface area (Å²) >= 11 is 0. The molecule has 1 amide bonds. The lowest BCUT2D eigenvalue weighted by Crippen LogP contribution is -2.35. The molecule has 0 radical (unpaired) electrons. The Hall–Kier alpha value is -4.07. The lowest BCUT2D eigenvalue weighted by molar-refractivity contribution is -0.109. The molecule has 2 N–H and O–H groups in total. The van der Waals surface area contributed by atoms with Gasteiger partial charge in [0.25, 0.3) is 5.56 Å². The van der Waals surface area contributed by atoms with Crippen molar-refractivity contribution in [1.82, 2.24) is 15.3 Å². The number of nitrogens with one attached hydrogen (secondary N) is 2. The quantitative estimate of drug-likeness (QED) is 0.303. The number of fused-ring (bicyclic) bond motifs is 1. The molecule has 1 heterocycles. The summed E-state index contributed by atoms with van der Waals surface area (Å²) in [4.78, 5) is 32.5. The Morgan fingerprint density at radius 2 is 1.73 bits per heavy atom. The Morgan fingerprint density at radius 1 is 0.939 bits per heavy atom. The van der Waals surface area contributed by atoms with Crippen molar-refractivity contribution in [3.8, 4) is 11.1 Å². The number of benzene rings is 3. The van der Waals surface area contributed by atoms with Crippen molar-refractivity contribution in [2.75, 3.05) is 24.5 Å². The molecule has 0 saturated carbocycles. The normalized spacial score (nSPS) is 10.8. The molecular weight excluding hydrogens is 426 g/mol. The number of aromatic nitrogens is 2. The fourth-order valence-electron chi connectivity index (χ4n) is 3.70. The van der Waals surface area contributed by atoms with Crippen molar-refractivity contribution < 1.29 is 13.6 Å². The molecule has 0 atom stereocenters. The number of nitrogens with zero attached hydrogens (tertiary/aromatic N) is 2. The van der Waals surface area contributed by atoms with Crippen molar-refractivity contribution in [3.63, 3.8) is 0 Å². The Bertz CT molecular complexity index is 1320. The Kier molecular flexibility index (Phi) is 6.73. The maximum Gasteiger partial charge on any atom is 0.260 e. The minimum atomic E-state index is -0.629. The van der Waals surface area contributed by atoms with Crippen LogP contribution in [0.4, 0.5) is 14.7 Å². The first-order chi connectivity index (χ1) is 16.0. The molecule has 0 bridgehead atoms. The van der Waals surface area contributed by atoms with E-state index in [2.05, 4.69) is 15.3 Å². The van der Waals surface area contributed by atoms with Gasteiger partial charge in [-0.15, -0.1) is 0 Å². The number of rotatable bonds is 9. The third-order valence-electron chi connectivity index (χ3n) is 5.30. The number of hydrogen-bond acceptors (Lipinski definition) is 4. The minimum absolute atomic E-state index is 0.237. The van der Waals surface area contributed by atoms with Crippen molar-refractivity contribution in [2.45, 2.75) is 6.42 Å². The van der Waals surface area contributed by atoms with Gasteiger partial charge in [0.15, 0.2) is 0 Å². The second kappa shape index (κ2) is 10.0. The summed E-state index contributed by atoms with van der Waals surface area (Å²) in [6, 6.07) is 18.0. The number of halogens is 2. The van der Waals surface area contributed by atoms with Gasteiger partial charge in [-0.25, -0.2) is 13.8 Å². The predicted octanol–water partition coefficient (Wildman–Crippen LogP) is 3.66. The highest BCUT2D eigenvalue weighted by Gasteiger charge is 2.12. The number of hydrogen-bond donors (Lipinski definition) is 2. The molecule has 0 aliphatic carbocycles. The molecular formula is C25H22F2N4O2. The number of para-hydroxylation sites is 1. The topological polar surface area (TPSA) is 78.1 Å². The summed E-state index contributed by atoms with van der Waals surface area (Å²) in [5.41, 5.74) is 2.46. The van der Waals surface area contributed by atoms with Gasteiger partial charge >= 0.3 is 0 Å². The number of carbonyl (C=O) groups is 1. The second-order valence-electron chi connectivity index (χ2n) is 7.57. The molecule has 33 heavy (non-hydrogen) atoms. The molecule has 1 aromatic heterocycles. The number of carbonyl (C=O) groups excluding carboxylic acids is 1. The maximum absolute atomic E-state index is 13.6. The van der Waals surface area contributed by atoms with Crippen molar-refractivity contribution in [3.05, 3.63) is 94.3 Å². The fourth-order valence-corrected chi connectivity index (χ4v) is 3.70. The monoisotopic (exact) mass is 448 g/mol. The van der Waals surface area contributed by atoms with E-state index in [1.807, 2.05) is 29.2 Å². The molecule has 4 rings (SSSR count). The average molecular weight is 448 g/mol. The van der Waals surface area contributed by atoms with Crippen LogP contribution in [0.2, 0.25) is 0 Å². The first-order valence-electron chi connectivity index (χ1n) is 10.5. The third kappa shape index (κ3) is 5.41. The summed E-state index contributed by atoms with van der Waals surface area (Å²) in [6.45, 7) is 1.32. The Labute approximate surface area is 188 Å². The van der Waals surface area contributed by atoms with Gasteiger partial charge in [0.1, 0.15) is 11.6 Å². The molecule has 0 saturated heterocycles. The zero-order chi connectivity index (χ0) is 23.2. The van der Waals surface area contributed by atoms with Gasteiger partial charge in [-0.1, -0.05) is 36.4 Å².